The van der Waals surface area contributed by atoms with Gasteiger partial charge in [0.2, 0.25) is 5.43 Å². The van der Waals surface area contributed by atoms with E-state index >= 15 is 0 Å². The van der Waals surface area contributed by atoms with Gasteiger partial charge in [0, 0.05) is 34.6 Å². The molecule has 1 aliphatic rings. The van der Waals surface area contributed by atoms with Crippen LogP contribution in [-0.4, -0.2) is 17.0 Å². The third kappa shape index (κ3) is 3.17. The average molecular weight is 389 g/mol. The number of ether oxygens (including phenoxy) is 1. The number of rotatable bonds is 3. The Labute approximate surface area is 160 Å². The van der Waals surface area contributed by atoms with E-state index in [4.69, 9.17) is 16.3 Å². The molecule has 5 nitrogen and oxygen atoms in total. The Morgan fingerprint density at radius 3 is 2.78 bits per heavy atom. The Bertz CT molecular complexity index is 1150. The van der Waals surface area contributed by atoms with Gasteiger partial charge in [0.25, 0.3) is 5.91 Å². The van der Waals surface area contributed by atoms with Crippen molar-refractivity contribution in [2.24, 2.45) is 0 Å². The van der Waals surface area contributed by atoms with Gasteiger partial charge in [-0.15, -0.1) is 0 Å². The van der Waals surface area contributed by atoms with Gasteiger partial charge in [-0.3, -0.25) is 9.59 Å². The Kier molecular flexibility index (Phi) is 5.19. The number of hydrogen-bond donors (Lipinski definition) is 1. The largest absolute Gasteiger partial charge is 0.453 e. The van der Waals surface area contributed by atoms with Gasteiger partial charge >= 0.3 is 0 Å². The zero-order valence-corrected chi connectivity index (χ0v) is 15.9. The zero-order chi connectivity index (χ0) is 19.7. The maximum Gasteiger partial charge on any atom is 0.256 e. The summed E-state index contributed by atoms with van der Waals surface area (Å²) in [4.78, 5) is 25.3. The van der Waals surface area contributed by atoms with Gasteiger partial charge < -0.3 is 14.6 Å². The number of aromatic nitrogens is 1. The van der Waals surface area contributed by atoms with E-state index in [0.29, 0.717) is 34.7 Å². The SMILES string of the molecule is C/C=c1/c(=O)c(C(=O)NCC)cn2c1=C(/C(C)=C/F)Oc1cc(Cl)ccc1-2. The summed E-state index contributed by atoms with van der Waals surface area (Å²) in [6.45, 7) is 5.38. The van der Waals surface area contributed by atoms with E-state index in [1.807, 2.05) is 0 Å². The predicted molar refractivity (Wildman–Crippen MR) is 103 cm³/mol. The molecule has 27 heavy (non-hydrogen) atoms. The summed E-state index contributed by atoms with van der Waals surface area (Å²) >= 11 is 6.06. The molecular weight excluding hydrogens is 371 g/mol. The Hall–Kier alpha value is -2.86. The molecular formula is C20H18ClFN2O3. The van der Waals surface area contributed by atoms with Crippen molar-refractivity contribution in [2.75, 3.05) is 6.54 Å². The number of fused-ring (bicyclic) bond motifs is 3. The molecule has 0 unspecified atom stereocenters. The molecule has 2 heterocycles. The summed E-state index contributed by atoms with van der Waals surface area (Å²) in [7, 11) is 0. The molecule has 0 bridgehead atoms. The number of hydrogen-bond acceptors (Lipinski definition) is 3. The lowest BCUT2D eigenvalue weighted by Crippen LogP contribution is -2.51. The fourth-order valence-corrected chi connectivity index (χ4v) is 3.15. The normalized spacial score (nSPS) is 13.7. The molecule has 0 spiro atoms. The number of nitrogens with zero attached hydrogens (tertiary/aromatic N) is 1. The first-order valence-electron chi connectivity index (χ1n) is 8.42. The maximum atomic E-state index is 13.3. The van der Waals surface area contributed by atoms with Crippen LogP contribution in [0.4, 0.5) is 4.39 Å². The number of halogens is 2. The second-order valence-corrected chi connectivity index (χ2v) is 6.42. The minimum Gasteiger partial charge on any atom is -0.453 e. The third-order valence-electron chi connectivity index (χ3n) is 4.24. The van der Waals surface area contributed by atoms with Crippen LogP contribution in [0.15, 0.2) is 41.1 Å². The molecule has 0 saturated heterocycles. The van der Waals surface area contributed by atoms with E-state index in [-0.39, 0.29) is 22.1 Å². The highest BCUT2D eigenvalue weighted by Gasteiger charge is 2.23. The molecule has 140 valence electrons. The lowest BCUT2D eigenvalue weighted by atomic mass is 10.1. The molecule has 1 aromatic carbocycles. The van der Waals surface area contributed by atoms with Gasteiger partial charge in [-0.2, -0.15) is 0 Å². The minimum absolute atomic E-state index is 0.00210. The summed E-state index contributed by atoms with van der Waals surface area (Å²) in [5.74, 6) is 0.126. The predicted octanol–water partition coefficient (Wildman–Crippen LogP) is 2.41. The second kappa shape index (κ2) is 7.40. The zero-order valence-electron chi connectivity index (χ0n) is 15.1. The molecule has 0 atom stereocenters. The van der Waals surface area contributed by atoms with Crippen molar-refractivity contribution in [1.29, 1.82) is 0 Å². The minimum atomic E-state index is -0.470. The third-order valence-corrected chi connectivity index (χ3v) is 4.48. The number of nitrogens with one attached hydrogen (secondary N) is 1. The molecule has 0 radical (unpaired) electrons. The van der Waals surface area contributed by atoms with E-state index in [0.717, 1.165) is 0 Å². The summed E-state index contributed by atoms with van der Waals surface area (Å²) in [6.07, 6.45) is 3.46. The first-order valence-corrected chi connectivity index (χ1v) is 8.80. The van der Waals surface area contributed by atoms with Crippen LogP contribution in [0.1, 0.15) is 31.1 Å². The molecule has 1 aromatic heterocycles. The molecule has 1 aliphatic heterocycles. The van der Waals surface area contributed by atoms with Crippen molar-refractivity contribution in [1.82, 2.24) is 9.88 Å². The van der Waals surface area contributed by atoms with Crippen LogP contribution in [0, 0.1) is 0 Å². The lowest BCUT2D eigenvalue weighted by Gasteiger charge is -2.23. The van der Waals surface area contributed by atoms with Gasteiger partial charge in [-0.25, -0.2) is 4.39 Å². The summed E-state index contributed by atoms with van der Waals surface area (Å²) in [5.41, 5.74) is 0.360. The van der Waals surface area contributed by atoms with Gasteiger partial charge in [-0.1, -0.05) is 17.7 Å². The molecule has 0 fully saturated rings. The molecule has 0 aliphatic carbocycles. The van der Waals surface area contributed by atoms with Crippen LogP contribution >= 0.6 is 11.6 Å². The number of carbonyl (C=O) groups excluding carboxylic acids is 1. The van der Waals surface area contributed by atoms with E-state index in [9.17, 15) is 14.0 Å². The standard InChI is InChI=1S/C20H18ClFN2O3/c1-4-13-17-19(11(3)9-22)27-16-8-12(21)6-7-15(16)24(17)10-14(18(13)25)20(26)23-5-2/h4,6-10H,5H2,1-3H3,(H,23,26)/b11-9+,13-4+. The topological polar surface area (TPSA) is 60.3 Å². The van der Waals surface area contributed by atoms with Crippen LogP contribution < -0.4 is 26.1 Å². The van der Waals surface area contributed by atoms with E-state index in [1.165, 1.54) is 13.1 Å². The number of pyridine rings is 1. The summed E-state index contributed by atoms with van der Waals surface area (Å²) in [5, 5.41) is 3.74. The molecule has 1 amide bonds. The fourth-order valence-electron chi connectivity index (χ4n) is 2.99. The van der Waals surface area contributed by atoms with Crippen molar-refractivity contribution in [3.63, 3.8) is 0 Å². The van der Waals surface area contributed by atoms with Crippen molar-refractivity contribution < 1.29 is 13.9 Å². The van der Waals surface area contributed by atoms with E-state index in [1.54, 1.807) is 42.7 Å². The monoisotopic (exact) mass is 388 g/mol. The first-order chi connectivity index (χ1) is 12.9. The Morgan fingerprint density at radius 2 is 2.15 bits per heavy atom. The van der Waals surface area contributed by atoms with Crippen molar-refractivity contribution in [2.45, 2.75) is 20.8 Å². The maximum absolute atomic E-state index is 13.3. The Morgan fingerprint density at radius 1 is 1.41 bits per heavy atom. The van der Waals surface area contributed by atoms with Gasteiger partial charge in [0.1, 0.15) is 10.9 Å². The number of benzene rings is 1. The first kappa shape index (κ1) is 18.9. The quantitative estimate of drug-likeness (QED) is 0.878. The van der Waals surface area contributed by atoms with Crippen LogP contribution in [-0.2, 0) is 0 Å². The highest BCUT2D eigenvalue weighted by molar-refractivity contribution is 6.30. The van der Waals surface area contributed by atoms with E-state index < -0.39 is 11.3 Å². The molecule has 0 saturated carbocycles. The van der Waals surface area contributed by atoms with E-state index in [2.05, 4.69) is 5.32 Å². The van der Waals surface area contributed by atoms with Gasteiger partial charge in [-0.05, 0) is 32.9 Å². The number of amides is 1. The highest BCUT2D eigenvalue weighted by Crippen LogP contribution is 2.31. The van der Waals surface area contributed by atoms with Crippen molar-refractivity contribution >= 4 is 29.3 Å². The molecule has 7 heteroatoms. The van der Waals surface area contributed by atoms with Crippen LogP contribution in [0.3, 0.4) is 0 Å². The Balaban J connectivity index is 2.53. The van der Waals surface area contributed by atoms with Crippen molar-refractivity contribution in [3.05, 3.63) is 67.7 Å². The smallest absolute Gasteiger partial charge is 0.256 e. The van der Waals surface area contributed by atoms with Gasteiger partial charge in [0.15, 0.2) is 11.5 Å². The van der Waals surface area contributed by atoms with Gasteiger partial charge in [0.05, 0.1) is 12.0 Å². The average Bonchev–Trinajstić information content (AvgIpc) is 2.66. The second-order valence-electron chi connectivity index (χ2n) is 5.99. The molecule has 2 aromatic rings. The summed E-state index contributed by atoms with van der Waals surface area (Å²) in [6, 6.07) is 5.00. The highest BCUT2D eigenvalue weighted by atomic mass is 35.5. The lowest BCUT2D eigenvalue weighted by molar-refractivity contribution is 0.0954. The van der Waals surface area contributed by atoms with Crippen LogP contribution in [0.2, 0.25) is 5.02 Å². The van der Waals surface area contributed by atoms with Crippen LogP contribution in [0.5, 0.6) is 5.75 Å². The summed E-state index contributed by atoms with van der Waals surface area (Å²) < 4.78 is 20.9. The molecule has 3 rings (SSSR count). The number of carbonyl (C=O) groups is 1. The molecule has 1 N–H and O–H groups in total. The van der Waals surface area contributed by atoms with Crippen LogP contribution in [0.25, 0.3) is 17.5 Å². The fraction of sp³-hybridized carbons (Fsp3) is 0.200. The van der Waals surface area contributed by atoms with Crippen molar-refractivity contribution in [3.8, 4) is 11.4 Å².